The fourth-order valence-electron chi connectivity index (χ4n) is 2.74. The van der Waals surface area contributed by atoms with Crippen LogP contribution in [0.4, 0.5) is 5.69 Å². The molecule has 1 N–H and O–H groups in total. The molecule has 0 spiro atoms. The Morgan fingerprint density at radius 1 is 1.07 bits per heavy atom. The molecular formula is C22H23NO7. The van der Waals surface area contributed by atoms with E-state index in [-0.39, 0.29) is 29.9 Å². The van der Waals surface area contributed by atoms with Crippen LogP contribution in [0.1, 0.15) is 47.1 Å². The summed E-state index contributed by atoms with van der Waals surface area (Å²) in [5.41, 5.74) is 1.79. The van der Waals surface area contributed by atoms with E-state index in [1.54, 1.807) is 24.3 Å². The van der Waals surface area contributed by atoms with E-state index in [0.717, 1.165) is 5.56 Å². The normalized spacial score (nSPS) is 12.0. The maximum atomic E-state index is 12.2. The lowest BCUT2D eigenvalue weighted by Gasteiger charge is -2.11. The van der Waals surface area contributed by atoms with Crippen LogP contribution in [-0.2, 0) is 20.9 Å². The molecule has 8 nitrogen and oxygen atoms in total. The molecule has 1 aliphatic rings. The van der Waals surface area contributed by atoms with Crippen molar-refractivity contribution in [2.75, 3.05) is 18.7 Å². The Morgan fingerprint density at radius 3 is 2.37 bits per heavy atom. The monoisotopic (exact) mass is 413 g/mol. The molecule has 0 aromatic heterocycles. The molecule has 8 heteroatoms. The third kappa shape index (κ3) is 5.36. The van der Waals surface area contributed by atoms with E-state index < -0.39 is 18.5 Å². The van der Waals surface area contributed by atoms with Crippen LogP contribution in [-0.4, -0.2) is 37.2 Å². The number of ketones is 1. The third-order valence-corrected chi connectivity index (χ3v) is 4.27. The summed E-state index contributed by atoms with van der Waals surface area (Å²) >= 11 is 0. The van der Waals surface area contributed by atoms with Crippen molar-refractivity contribution >= 4 is 23.3 Å². The second kappa shape index (κ2) is 9.41. The maximum Gasteiger partial charge on any atom is 0.338 e. The van der Waals surface area contributed by atoms with E-state index in [9.17, 15) is 14.4 Å². The summed E-state index contributed by atoms with van der Waals surface area (Å²) in [6.07, 6.45) is 0.112. The smallest absolute Gasteiger partial charge is 0.338 e. The summed E-state index contributed by atoms with van der Waals surface area (Å²) in [5.74, 6) is -0.589. The standard InChI is InChI=1S/C22H23NO7/c1-13(2)27-10-15-4-6-16(7-5-15)22(26)28-11-21(25)23-18-9-20-19(29-12-30-20)8-17(18)14(3)24/h4-9,13H,10-12H2,1-3H3,(H,23,25). The number of anilines is 1. The zero-order chi connectivity index (χ0) is 21.7. The van der Waals surface area contributed by atoms with Gasteiger partial charge >= 0.3 is 5.97 Å². The van der Waals surface area contributed by atoms with Gasteiger partial charge in [-0.15, -0.1) is 0 Å². The highest BCUT2D eigenvalue weighted by Crippen LogP contribution is 2.37. The van der Waals surface area contributed by atoms with Crippen molar-refractivity contribution in [3.05, 3.63) is 53.1 Å². The van der Waals surface area contributed by atoms with Gasteiger partial charge in [0.1, 0.15) is 0 Å². The van der Waals surface area contributed by atoms with Crippen molar-refractivity contribution in [3.8, 4) is 11.5 Å². The van der Waals surface area contributed by atoms with E-state index in [2.05, 4.69) is 5.32 Å². The highest BCUT2D eigenvalue weighted by atomic mass is 16.7. The van der Waals surface area contributed by atoms with E-state index >= 15 is 0 Å². The molecule has 0 unspecified atom stereocenters. The zero-order valence-corrected chi connectivity index (χ0v) is 17.0. The number of amides is 1. The molecule has 0 atom stereocenters. The second-order valence-corrected chi connectivity index (χ2v) is 6.99. The minimum Gasteiger partial charge on any atom is -0.454 e. The van der Waals surface area contributed by atoms with Gasteiger partial charge in [0.15, 0.2) is 23.9 Å². The SMILES string of the molecule is CC(=O)c1cc2c(cc1NC(=O)COC(=O)c1ccc(COC(C)C)cc1)OCO2. The summed E-state index contributed by atoms with van der Waals surface area (Å²) in [4.78, 5) is 36.3. The topological polar surface area (TPSA) is 100 Å². The van der Waals surface area contributed by atoms with Gasteiger partial charge in [0.25, 0.3) is 5.91 Å². The summed E-state index contributed by atoms with van der Waals surface area (Å²) in [6.45, 7) is 5.26. The Bertz CT molecular complexity index is 951. The van der Waals surface area contributed by atoms with Crippen molar-refractivity contribution in [1.82, 2.24) is 0 Å². The molecule has 0 aliphatic carbocycles. The molecular weight excluding hydrogens is 390 g/mol. The van der Waals surface area contributed by atoms with Crippen LogP contribution in [0.25, 0.3) is 0 Å². The average molecular weight is 413 g/mol. The summed E-state index contributed by atoms with van der Waals surface area (Å²) in [5, 5.41) is 2.58. The van der Waals surface area contributed by atoms with E-state index in [4.69, 9.17) is 18.9 Å². The second-order valence-electron chi connectivity index (χ2n) is 6.99. The molecule has 1 heterocycles. The van der Waals surface area contributed by atoms with E-state index in [0.29, 0.717) is 23.7 Å². The minimum atomic E-state index is -0.626. The first kappa shape index (κ1) is 21.3. The number of Topliss-reactive ketones (excluding diaryl/α,β-unsaturated/α-hetero) is 1. The summed E-state index contributed by atoms with van der Waals surface area (Å²) in [6, 6.07) is 9.79. The summed E-state index contributed by atoms with van der Waals surface area (Å²) < 4.78 is 21.1. The highest BCUT2D eigenvalue weighted by Gasteiger charge is 2.21. The molecule has 0 saturated heterocycles. The van der Waals surface area contributed by atoms with Gasteiger partial charge < -0.3 is 24.3 Å². The number of hydrogen-bond donors (Lipinski definition) is 1. The zero-order valence-electron chi connectivity index (χ0n) is 17.0. The molecule has 2 aromatic carbocycles. The molecule has 0 bridgehead atoms. The van der Waals surface area contributed by atoms with Gasteiger partial charge in [-0.3, -0.25) is 9.59 Å². The van der Waals surface area contributed by atoms with Crippen molar-refractivity contribution in [1.29, 1.82) is 0 Å². The van der Waals surface area contributed by atoms with Crippen LogP contribution in [0.5, 0.6) is 11.5 Å². The number of benzene rings is 2. The van der Waals surface area contributed by atoms with Crippen LogP contribution < -0.4 is 14.8 Å². The number of esters is 1. The number of rotatable bonds is 8. The number of fused-ring (bicyclic) bond motifs is 1. The van der Waals surface area contributed by atoms with E-state index in [1.165, 1.54) is 19.1 Å². The Hall–Kier alpha value is -3.39. The van der Waals surface area contributed by atoms with Crippen LogP contribution >= 0.6 is 0 Å². The van der Waals surface area contributed by atoms with Crippen LogP contribution in [0.2, 0.25) is 0 Å². The first-order chi connectivity index (χ1) is 14.3. The Labute approximate surface area is 174 Å². The van der Waals surface area contributed by atoms with Crippen LogP contribution in [0.3, 0.4) is 0 Å². The molecule has 2 aromatic rings. The van der Waals surface area contributed by atoms with E-state index in [1.807, 2.05) is 13.8 Å². The molecule has 1 amide bonds. The molecule has 158 valence electrons. The van der Waals surface area contributed by atoms with Crippen LogP contribution in [0, 0.1) is 0 Å². The summed E-state index contributed by atoms with van der Waals surface area (Å²) in [7, 11) is 0. The van der Waals surface area contributed by atoms with Gasteiger partial charge in [-0.05, 0) is 44.5 Å². The van der Waals surface area contributed by atoms with Crippen molar-refractivity contribution < 1.29 is 33.3 Å². The van der Waals surface area contributed by atoms with Gasteiger partial charge in [-0.2, -0.15) is 0 Å². The van der Waals surface area contributed by atoms with Gasteiger partial charge in [0.2, 0.25) is 6.79 Å². The van der Waals surface area contributed by atoms with Crippen molar-refractivity contribution in [2.45, 2.75) is 33.5 Å². The highest BCUT2D eigenvalue weighted by molar-refractivity contribution is 6.05. The molecule has 0 radical (unpaired) electrons. The molecule has 0 saturated carbocycles. The average Bonchev–Trinajstić information content (AvgIpc) is 3.17. The lowest BCUT2D eigenvalue weighted by molar-refractivity contribution is -0.119. The Balaban J connectivity index is 1.57. The lowest BCUT2D eigenvalue weighted by Crippen LogP contribution is -2.22. The minimum absolute atomic E-state index is 0.0457. The maximum absolute atomic E-state index is 12.2. The van der Waals surface area contributed by atoms with Crippen LogP contribution in [0.15, 0.2) is 36.4 Å². The molecule has 3 rings (SSSR count). The van der Waals surface area contributed by atoms with Gasteiger partial charge in [0, 0.05) is 11.6 Å². The fraction of sp³-hybridized carbons (Fsp3) is 0.318. The number of hydrogen-bond acceptors (Lipinski definition) is 7. The Morgan fingerprint density at radius 2 is 1.73 bits per heavy atom. The number of ether oxygens (including phenoxy) is 4. The number of carbonyl (C=O) groups is 3. The third-order valence-electron chi connectivity index (χ3n) is 4.27. The lowest BCUT2D eigenvalue weighted by atomic mass is 10.1. The molecule has 1 aliphatic heterocycles. The largest absolute Gasteiger partial charge is 0.454 e. The van der Waals surface area contributed by atoms with Gasteiger partial charge in [-0.1, -0.05) is 12.1 Å². The van der Waals surface area contributed by atoms with Gasteiger partial charge in [0.05, 0.1) is 24.0 Å². The Kier molecular flexibility index (Phi) is 6.68. The first-order valence-electron chi connectivity index (χ1n) is 9.45. The number of nitrogens with one attached hydrogen (secondary N) is 1. The predicted molar refractivity (Wildman–Crippen MR) is 108 cm³/mol. The predicted octanol–water partition coefficient (Wildman–Crippen LogP) is 3.34. The van der Waals surface area contributed by atoms with Gasteiger partial charge in [-0.25, -0.2) is 4.79 Å². The molecule has 30 heavy (non-hydrogen) atoms. The first-order valence-corrected chi connectivity index (χ1v) is 9.45. The number of carbonyl (C=O) groups excluding carboxylic acids is 3. The van der Waals surface area contributed by atoms with Crippen molar-refractivity contribution in [2.24, 2.45) is 0 Å². The quantitative estimate of drug-likeness (QED) is 0.523. The van der Waals surface area contributed by atoms with Crippen molar-refractivity contribution in [3.63, 3.8) is 0 Å². The fourth-order valence-corrected chi connectivity index (χ4v) is 2.74. The molecule has 0 fully saturated rings.